The van der Waals surface area contributed by atoms with E-state index in [2.05, 4.69) is 10.1 Å². The van der Waals surface area contributed by atoms with Crippen molar-refractivity contribution in [3.63, 3.8) is 0 Å². The first-order valence-corrected chi connectivity index (χ1v) is 6.30. The number of halogens is 1. The number of benzene rings is 1. The van der Waals surface area contributed by atoms with E-state index >= 15 is 0 Å². The number of ketones is 1. The van der Waals surface area contributed by atoms with Crippen LogP contribution in [0.1, 0.15) is 16.9 Å². The summed E-state index contributed by atoms with van der Waals surface area (Å²) in [5.74, 6) is -0.373. The van der Waals surface area contributed by atoms with Gasteiger partial charge in [0.25, 0.3) is 0 Å². The Morgan fingerprint density at radius 1 is 1.40 bits per heavy atom. The van der Waals surface area contributed by atoms with Crippen LogP contribution in [0.25, 0.3) is 5.69 Å². The zero-order chi connectivity index (χ0) is 14.5. The molecule has 20 heavy (non-hydrogen) atoms. The predicted molar refractivity (Wildman–Crippen MR) is 78.2 cm³/mol. The van der Waals surface area contributed by atoms with Gasteiger partial charge in [0, 0.05) is 31.9 Å². The van der Waals surface area contributed by atoms with Gasteiger partial charge < -0.3 is 4.99 Å². The number of rotatable bonds is 4. The third kappa shape index (κ3) is 3.00. The number of Topliss-reactive ketones (excluding diaryl/α,β-unsaturated/α-hetero) is 1. The van der Waals surface area contributed by atoms with E-state index in [1.54, 1.807) is 31.3 Å². The summed E-state index contributed by atoms with van der Waals surface area (Å²) in [5, 5.41) is 4.55. The molecule has 102 valence electrons. The highest BCUT2D eigenvalue weighted by Crippen LogP contribution is 2.18. The van der Waals surface area contributed by atoms with Gasteiger partial charge in [0.1, 0.15) is 0 Å². The van der Waals surface area contributed by atoms with Crippen LogP contribution in [0.4, 0.5) is 0 Å². The Kier molecular flexibility index (Phi) is 4.42. The van der Waals surface area contributed by atoms with Crippen molar-refractivity contribution < 1.29 is 4.79 Å². The second-order valence-corrected chi connectivity index (χ2v) is 4.40. The number of nitrogens with zero attached hydrogens (tertiary/aromatic N) is 3. The molecule has 0 aliphatic carbocycles. The van der Waals surface area contributed by atoms with Crippen LogP contribution in [0.5, 0.6) is 0 Å². The summed E-state index contributed by atoms with van der Waals surface area (Å²) in [7, 11) is 1.56. The Hall–Kier alpha value is -2.27. The molecule has 2 rings (SSSR count). The van der Waals surface area contributed by atoms with E-state index in [9.17, 15) is 9.59 Å². The van der Waals surface area contributed by atoms with E-state index < -0.39 is 5.43 Å². The fourth-order valence-corrected chi connectivity index (χ4v) is 1.87. The second kappa shape index (κ2) is 6.25. The lowest BCUT2D eigenvalue weighted by Crippen LogP contribution is -2.21. The minimum absolute atomic E-state index is 0.0469. The number of hydrogen-bond acceptors (Lipinski definition) is 4. The van der Waals surface area contributed by atoms with Crippen molar-refractivity contribution in [1.82, 2.24) is 9.78 Å². The highest BCUT2D eigenvalue weighted by molar-refractivity contribution is 6.32. The SMILES string of the molecule is CN=CCC(=O)c1nn(-c2ccccc2Cl)ccc1=O. The highest BCUT2D eigenvalue weighted by Gasteiger charge is 2.13. The average molecular weight is 290 g/mol. The summed E-state index contributed by atoms with van der Waals surface area (Å²) < 4.78 is 1.42. The molecule has 0 aliphatic heterocycles. The maximum absolute atomic E-state index is 11.9. The first-order chi connectivity index (χ1) is 9.63. The molecule has 0 atom stereocenters. The summed E-state index contributed by atoms with van der Waals surface area (Å²) in [4.78, 5) is 27.3. The maximum atomic E-state index is 11.9. The Morgan fingerprint density at radius 3 is 2.85 bits per heavy atom. The number of carbonyl (C=O) groups excluding carboxylic acids is 1. The van der Waals surface area contributed by atoms with E-state index in [-0.39, 0.29) is 17.9 Å². The molecule has 0 radical (unpaired) electrons. The van der Waals surface area contributed by atoms with Crippen molar-refractivity contribution in [3.05, 3.63) is 57.5 Å². The van der Waals surface area contributed by atoms with Gasteiger partial charge in [0.15, 0.2) is 11.5 Å². The lowest BCUT2D eigenvalue weighted by molar-refractivity contribution is 0.0994. The predicted octanol–water partition coefficient (Wildman–Crippen LogP) is 2.16. The minimum Gasteiger partial charge on any atom is -0.300 e. The third-order valence-electron chi connectivity index (χ3n) is 2.63. The quantitative estimate of drug-likeness (QED) is 0.640. The van der Waals surface area contributed by atoms with Crippen molar-refractivity contribution in [3.8, 4) is 5.69 Å². The minimum atomic E-state index is -0.414. The molecular formula is C14H12ClN3O2. The number of aliphatic imine (C=N–C) groups is 1. The molecule has 0 amide bonds. The van der Waals surface area contributed by atoms with Crippen LogP contribution in [-0.2, 0) is 0 Å². The summed E-state index contributed by atoms with van der Waals surface area (Å²) in [6.07, 6.45) is 2.97. The summed E-state index contributed by atoms with van der Waals surface area (Å²) >= 11 is 6.07. The second-order valence-electron chi connectivity index (χ2n) is 3.99. The first kappa shape index (κ1) is 14.1. The molecule has 0 fully saturated rings. The van der Waals surface area contributed by atoms with E-state index in [0.717, 1.165) is 0 Å². The normalized spacial score (nSPS) is 10.9. The third-order valence-corrected chi connectivity index (χ3v) is 2.95. The van der Waals surface area contributed by atoms with Gasteiger partial charge >= 0.3 is 0 Å². The Bertz CT molecular complexity index is 722. The van der Waals surface area contributed by atoms with Crippen molar-refractivity contribution >= 4 is 23.6 Å². The van der Waals surface area contributed by atoms with E-state index in [1.165, 1.54) is 23.2 Å². The van der Waals surface area contributed by atoms with E-state index in [1.807, 2.05) is 0 Å². The zero-order valence-electron chi connectivity index (χ0n) is 10.8. The summed E-state index contributed by atoms with van der Waals surface area (Å²) in [6.45, 7) is 0. The van der Waals surface area contributed by atoms with Crippen LogP contribution >= 0.6 is 11.6 Å². The molecule has 0 N–H and O–H groups in total. The van der Waals surface area contributed by atoms with Gasteiger partial charge in [-0.1, -0.05) is 23.7 Å². The molecule has 0 saturated heterocycles. The van der Waals surface area contributed by atoms with Gasteiger partial charge in [0.2, 0.25) is 5.43 Å². The molecule has 0 unspecified atom stereocenters. The topological polar surface area (TPSA) is 64.3 Å². The Labute approximate surface area is 120 Å². The van der Waals surface area contributed by atoms with Gasteiger partial charge in [-0.05, 0) is 12.1 Å². The van der Waals surface area contributed by atoms with Crippen LogP contribution in [0, 0.1) is 0 Å². The Morgan fingerprint density at radius 2 is 2.15 bits per heavy atom. The number of para-hydroxylation sites is 1. The molecule has 5 nitrogen and oxygen atoms in total. The van der Waals surface area contributed by atoms with Crippen molar-refractivity contribution in [1.29, 1.82) is 0 Å². The van der Waals surface area contributed by atoms with Gasteiger partial charge in [-0.2, -0.15) is 5.10 Å². The van der Waals surface area contributed by atoms with Crippen LogP contribution in [0.2, 0.25) is 5.02 Å². The van der Waals surface area contributed by atoms with Gasteiger partial charge in [-0.25, -0.2) is 4.68 Å². The van der Waals surface area contributed by atoms with Crippen molar-refractivity contribution in [2.24, 2.45) is 4.99 Å². The smallest absolute Gasteiger partial charge is 0.211 e. The molecule has 6 heteroatoms. The number of carbonyl (C=O) groups is 1. The molecule has 1 heterocycles. The molecule has 1 aromatic carbocycles. The van der Waals surface area contributed by atoms with Gasteiger partial charge in [0.05, 0.1) is 10.7 Å². The zero-order valence-corrected chi connectivity index (χ0v) is 11.5. The van der Waals surface area contributed by atoms with E-state index in [0.29, 0.717) is 10.7 Å². The van der Waals surface area contributed by atoms with Crippen LogP contribution in [0.3, 0.4) is 0 Å². The molecule has 0 aliphatic rings. The fourth-order valence-electron chi connectivity index (χ4n) is 1.64. The standard InChI is InChI=1S/C14H12ClN3O2/c1-16-8-6-12(19)14-13(20)7-9-18(17-14)11-5-3-2-4-10(11)15/h2-5,7-9H,6H2,1H3. The summed E-state index contributed by atoms with van der Waals surface area (Å²) in [6, 6.07) is 8.35. The van der Waals surface area contributed by atoms with Crippen LogP contribution in [0.15, 0.2) is 46.3 Å². The monoisotopic (exact) mass is 289 g/mol. The largest absolute Gasteiger partial charge is 0.300 e. The molecule has 1 aromatic heterocycles. The number of aromatic nitrogens is 2. The van der Waals surface area contributed by atoms with Crippen molar-refractivity contribution in [2.75, 3.05) is 7.05 Å². The van der Waals surface area contributed by atoms with Crippen LogP contribution in [-0.4, -0.2) is 28.8 Å². The maximum Gasteiger partial charge on any atom is 0.211 e. The summed E-state index contributed by atoms with van der Waals surface area (Å²) in [5.41, 5.74) is 0.0718. The van der Waals surface area contributed by atoms with Crippen molar-refractivity contribution in [2.45, 2.75) is 6.42 Å². The van der Waals surface area contributed by atoms with Gasteiger partial charge in [-0.15, -0.1) is 0 Å². The number of hydrogen-bond donors (Lipinski definition) is 0. The lowest BCUT2D eigenvalue weighted by Gasteiger charge is -2.07. The molecular weight excluding hydrogens is 278 g/mol. The average Bonchev–Trinajstić information content (AvgIpc) is 2.46. The van der Waals surface area contributed by atoms with E-state index in [4.69, 9.17) is 11.6 Å². The molecule has 0 bridgehead atoms. The Balaban J connectivity index is 2.46. The molecule has 2 aromatic rings. The van der Waals surface area contributed by atoms with Gasteiger partial charge in [-0.3, -0.25) is 9.59 Å². The highest BCUT2D eigenvalue weighted by atomic mass is 35.5. The molecule has 0 spiro atoms. The molecule has 0 saturated carbocycles. The lowest BCUT2D eigenvalue weighted by atomic mass is 10.2. The fraction of sp³-hybridized carbons (Fsp3) is 0.143. The van der Waals surface area contributed by atoms with Crippen LogP contribution < -0.4 is 5.43 Å². The first-order valence-electron chi connectivity index (χ1n) is 5.92.